The van der Waals surface area contributed by atoms with Gasteiger partial charge in [-0.2, -0.15) is 0 Å². The Kier molecular flexibility index (Phi) is 5.41. The summed E-state index contributed by atoms with van der Waals surface area (Å²) in [5, 5.41) is 2.01. The van der Waals surface area contributed by atoms with Crippen molar-refractivity contribution in [3.63, 3.8) is 0 Å². The molecule has 3 aromatic rings. The molecular formula is C21H23NOS. The summed E-state index contributed by atoms with van der Waals surface area (Å²) in [6.45, 7) is 3.82. The van der Waals surface area contributed by atoms with Crippen LogP contribution in [0.2, 0.25) is 0 Å². The van der Waals surface area contributed by atoms with Gasteiger partial charge in [0, 0.05) is 28.3 Å². The number of nitrogens with zero attached hydrogens (tertiary/aromatic N) is 1. The van der Waals surface area contributed by atoms with Crippen molar-refractivity contribution in [2.24, 2.45) is 0 Å². The first kappa shape index (κ1) is 16.8. The molecule has 2 aromatic heterocycles. The molecule has 0 aliphatic carbocycles. The summed E-state index contributed by atoms with van der Waals surface area (Å²) >= 11 is 1.86. The molecule has 0 fully saturated rings. The number of benzene rings is 1. The van der Waals surface area contributed by atoms with Crippen LogP contribution in [0.25, 0.3) is 21.2 Å². The molecule has 0 saturated heterocycles. The molecule has 3 heteroatoms. The van der Waals surface area contributed by atoms with Gasteiger partial charge in [-0.3, -0.25) is 9.78 Å². The summed E-state index contributed by atoms with van der Waals surface area (Å²) < 4.78 is 0. The Hall–Kier alpha value is -2.00. The third-order valence-electron chi connectivity index (χ3n) is 4.32. The molecule has 124 valence electrons. The van der Waals surface area contributed by atoms with E-state index < -0.39 is 0 Å². The van der Waals surface area contributed by atoms with Crippen LogP contribution in [-0.4, -0.2) is 10.8 Å². The van der Waals surface area contributed by atoms with E-state index in [-0.39, 0.29) is 5.78 Å². The van der Waals surface area contributed by atoms with Gasteiger partial charge in [0.25, 0.3) is 0 Å². The number of Topliss-reactive ketones (excluding diaryl/α,β-unsaturated/α-hetero) is 1. The van der Waals surface area contributed by atoms with Crippen LogP contribution in [0, 0.1) is 0 Å². The number of ketones is 1. The molecule has 0 saturated carbocycles. The molecule has 0 spiro atoms. The largest absolute Gasteiger partial charge is 0.293 e. The second-order valence-corrected chi connectivity index (χ2v) is 7.40. The van der Waals surface area contributed by atoms with Crippen molar-refractivity contribution in [2.45, 2.75) is 46.0 Å². The number of aryl methyl sites for hydroxylation is 1. The van der Waals surface area contributed by atoms with Crippen molar-refractivity contribution < 1.29 is 4.79 Å². The molecule has 3 rings (SSSR count). The van der Waals surface area contributed by atoms with Gasteiger partial charge in [0.05, 0.1) is 0 Å². The van der Waals surface area contributed by atoms with Crippen LogP contribution in [0.4, 0.5) is 0 Å². The average Bonchev–Trinajstić information content (AvgIpc) is 3.06. The van der Waals surface area contributed by atoms with E-state index in [9.17, 15) is 4.79 Å². The number of thiophene rings is 1. The van der Waals surface area contributed by atoms with E-state index in [0.29, 0.717) is 5.69 Å². The maximum Gasteiger partial charge on any atom is 0.178 e. The lowest BCUT2D eigenvalue weighted by atomic mass is 10.0. The highest BCUT2D eigenvalue weighted by atomic mass is 32.1. The Morgan fingerprint density at radius 3 is 2.75 bits per heavy atom. The molecule has 0 unspecified atom stereocenters. The van der Waals surface area contributed by atoms with E-state index in [2.05, 4.69) is 42.2 Å². The minimum atomic E-state index is 0.0144. The van der Waals surface area contributed by atoms with Crippen LogP contribution in [0.15, 0.2) is 42.6 Å². The van der Waals surface area contributed by atoms with Crippen LogP contribution in [0.3, 0.4) is 0 Å². The number of carbonyl (C=O) groups excluding carboxylic acids is 1. The number of carbonyl (C=O) groups is 1. The van der Waals surface area contributed by atoms with E-state index in [1.165, 1.54) is 47.4 Å². The number of unbranched alkanes of at least 4 members (excludes halogenated alkanes) is 3. The van der Waals surface area contributed by atoms with Gasteiger partial charge < -0.3 is 0 Å². The predicted octanol–water partition coefficient (Wildman–Crippen LogP) is 6.29. The Morgan fingerprint density at radius 1 is 1.08 bits per heavy atom. The molecule has 0 atom stereocenters. The fourth-order valence-electron chi connectivity index (χ4n) is 3.00. The highest BCUT2D eigenvalue weighted by Crippen LogP contribution is 2.32. The molecule has 0 radical (unpaired) electrons. The number of rotatable bonds is 7. The van der Waals surface area contributed by atoms with Crippen molar-refractivity contribution in [3.05, 3.63) is 53.2 Å². The molecular weight excluding hydrogens is 314 g/mol. The third-order valence-corrected chi connectivity index (χ3v) is 5.52. The minimum Gasteiger partial charge on any atom is -0.293 e. The SMILES string of the molecule is CCCCCCc1ccc(-c2ccc3ccnc(C(C)=O)c3c2)s1. The highest BCUT2D eigenvalue weighted by molar-refractivity contribution is 7.15. The third kappa shape index (κ3) is 3.73. The van der Waals surface area contributed by atoms with Crippen LogP contribution in [0.1, 0.15) is 54.9 Å². The summed E-state index contributed by atoms with van der Waals surface area (Å²) in [4.78, 5) is 18.8. The lowest BCUT2D eigenvalue weighted by Crippen LogP contribution is -1.97. The number of fused-ring (bicyclic) bond motifs is 1. The van der Waals surface area contributed by atoms with Gasteiger partial charge in [-0.15, -0.1) is 11.3 Å². The normalized spacial score (nSPS) is 11.1. The van der Waals surface area contributed by atoms with E-state index in [4.69, 9.17) is 0 Å². The quantitative estimate of drug-likeness (QED) is 0.374. The zero-order valence-electron chi connectivity index (χ0n) is 14.3. The summed E-state index contributed by atoms with van der Waals surface area (Å²) in [6, 6.07) is 12.7. The second-order valence-electron chi connectivity index (χ2n) is 6.23. The Labute approximate surface area is 147 Å². The maximum absolute atomic E-state index is 11.8. The molecule has 0 aliphatic heterocycles. The Bertz CT molecular complexity index is 850. The van der Waals surface area contributed by atoms with Crippen LogP contribution >= 0.6 is 11.3 Å². The van der Waals surface area contributed by atoms with Crippen molar-refractivity contribution in [3.8, 4) is 10.4 Å². The smallest absolute Gasteiger partial charge is 0.178 e. The number of aromatic nitrogens is 1. The zero-order valence-corrected chi connectivity index (χ0v) is 15.2. The topological polar surface area (TPSA) is 30.0 Å². The lowest BCUT2D eigenvalue weighted by molar-refractivity contribution is 0.101. The standard InChI is InChI=1S/C21H23NOS/c1-3-4-5-6-7-18-10-11-20(24-18)17-9-8-16-12-13-22-21(15(2)23)19(16)14-17/h8-14H,3-7H2,1-2H3. The Morgan fingerprint density at radius 2 is 1.96 bits per heavy atom. The van der Waals surface area contributed by atoms with Crippen LogP contribution in [-0.2, 0) is 6.42 Å². The highest BCUT2D eigenvalue weighted by Gasteiger charge is 2.10. The molecule has 0 bridgehead atoms. The fourth-order valence-corrected chi connectivity index (χ4v) is 4.04. The van der Waals surface area contributed by atoms with E-state index in [1.54, 1.807) is 13.1 Å². The summed E-state index contributed by atoms with van der Waals surface area (Å²) in [6.07, 6.45) is 8.05. The first-order valence-electron chi connectivity index (χ1n) is 8.68. The maximum atomic E-state index is 11.8. The summed E-state index contributed by atoms with van der Waals surface area (Å²) in [7, 11) is 0. The van der Waals surface area contributed by atoms with E-state index in [0.717, 1.165) is 10.8 Å². The van der Waals surface area contributed by atoms with Crippen LogP contribution < -0.4 is 0 Å². The predicted molar refractivity (Wildman–Crippen MR) is 103 cm³/mol. The van der Waals surface area contributed by atoms with Gasteiger partial charge in [0.2, 0.25) is 0 Å². The van der Waals surface area contributed by atoms with Crippen molar-refractivity contribution in [1.29, 1.82) is 0 Å². The Balaban J connectivity index is 1.86. The summed E-state index contributed by atoms with van der Waals surface area (Å²) in [5.41, 5.74) is 1.73. The van der Waals surface area contributed by atoms with Gasteiger partial charge in [-0.25, -0.2) is 0 Å². The monoisotopic (exact) mass is 337 g/mol. The summed E-state index contributed by atoms with van der Waals surface area (Å²) in [5.74, 6) is 0.0144. The van der Waals surface area contributed by atoms with Crippen molar-refractivity contribution >= 4 is 27.9 Å². The number of pyridine rings is 1. The fraction of sp³-hybridized carbons (Fsp3) is 0.333. The van der Waals surface area contributed by atoms with Gasteiger partial charge in [0.1, 0.15) is 5.69 Å². The van der Waals surface area contributed by atoms with Crippen molar-refractivity contribution in [1.82, 2.24) is 4.98 Å². The van der Waals surface area contributed by atoms with E-state index in [1.807, 2.05) is 17.4 Å². The van der Waals surface area contributed by atoms with Crippen molar-refractivity contribution in [2.75, 3.05) is 0 Å². The molecule has 0 N–H and O–H groups in total. The van der Waals surface area contributed by atoms with Gasteiger partial charge in [0.15, 0.2) is 5.78 Å². The molecule has 1 aromatic carbocycles. The first-order valence-corrected chi connectivity index (χ1v) is 9.49. The first-order chi connectivity index (χ1) is 11.7. The second kappa shape index (κ2) is 7.71. The molecule has 24 heavy (non-hydrogen) atoms. The van der Waals surface area contributed by atoms with Crippen LogP contribution in [0.5, 0.6) is 0 Å². The molecule has 2 heterocycles. The molecule has 0 aliphatic rings. The lowest BCUT2D eigenvalue weighted by Gasteiger charge is -2.05. The van der Waals surface area contributed by atoms with E-state index >= 15 is 0 Å². The van der Waals surface area contributed by atoms with Gasteiger partial charge in [-0.1, -0.05) is 38.3 Å². The number of hydrogen-bond acceptors (Lipinski definition) is 3. The average molecular weight is 337 g/mol. The molecule has 2 nitrogen and oxygen atoms in total. The minimum absolute atomic E-state index is 0.0144. The van der Waals surface area contributed by atoms with Gasteiger partial charge in [-0.05, 0) is 48.1 Å². The number of hydrogen-bond donors (Lipinski definition) is 0. The zero-order chi connectivity index (χ0) is 16.9. The van der Waals surface area contributed by atoms with Gasteiger partial charge >= 0.3 is 0 Å². The molecule has 0 amide bonds.